The summed E-state index contributed by atoms with van der Waals surface area (Å²) in [5.74, 6) is 5.27. The van der Waals surface area contributed by atoms with Crippen LogP contribution in [-0.2, 0) is 4.74 Å². The summed E-state index contributed by atoms with van der Waals surface area (Å²) >= 11 is 0. The average molecular weight is 349 g/mol. The normalized spacial score (nSPS) is 39.5. The summed E-state index contributed by atoms with van der Waals surface area (Å²) in [5.41, 5.74) is 0. The quantitative estimate of drug-likeness (QED) is 0.416. The smallest absolute Gasteiger partial charge is 0.0581 e. The zero-order chi connectivity index (χ0) is 17.6. The van der Waals surface area contributed by atoms with Crippen LogP contribution in [0, 0.1) is 29.6 Å². The number of ether oxygens (including phenoxy) is 1. The molecule has 3 saturated carbocycles. The van der Waals surface area contributed by atoms with Crippen LogP contribution in [0.25, 0.3) is 0 Å². The van der Waals surface area contributed by atoms with Crippen molar-refractivity contribution in [2.75, 3.05) is 0 Å². The van der Waals surface area contributed by atoms with E-state index in [2.05, 4.69) is 20.8 Å². The molecule has 7 atom stereocenters. The van der Waals surface area contributed by atoms with E-state index < -0.39 is 0 Å². The molecule has 0 aliphatic heterocycles. The van der Waals surface area contributed by atoms with Crippen molar-refractivity contribution in [2.45, 2.75) is 123 Å². The van der Waals surface area contributed by atoms with Gasteiger partial charge in [0.05, 0.1) is 12.2 Å². The fourth-order valence-corrected chi connectivity index (χ4v) is 6.52. The molecule has 3 aliphatic carbocycles. The highest BCUT2D eigenvalue weighted by atomic mass is 16.5. The summed E-state index contributed by atoms with van der Waals surface area (Å²) in [5, 5.41) is 0. The monoisotopic (exact) mass is 348 g/mol. The molecule has 0 radical (unpaired) electrons. The summed E-state index contributed by atoms with van der Waals surface area (Å²) in [4.78, 5) is 0. The molecule has 0 aromatic heterocycles. The van der Waals surface area contributed by atoms with Gasteiger partial charge < -0.3 is 4.74 Å². The summed E-state index contributed by atoms with van der Waals surface area (Å²) < 4.78 is 6.31. The Hall–Kier alpha value is -0.0400. The Kier molecular flexibility index (Phi) is 7.70. The highest BCUT2D eigenvalue weighted by Crippen LogP contribution is 2.53. The molecule has 3 aliphatic rings. The molecular weight excluding hydrogens is 304 g/mol. The predicted octanol–water partition coefficient (Wildman–Crippen LogP) is 7.38. The number of unbranched alkanes of at least 4 members (excludes halogenated alkanes) is 3. The standard InChI is InChI=1S/C24H44O/c1-4-6-7-8-9-19-10-14-23-20(16-19)11-12-21-17-22(13-15-24(21)23)25-18(3)5-2/h18-24H,4-17H2,1-3H3. The molecule has 0 amide bonds. The first-order chi connectivity index (χ1) is 12.2. The molecule has 0 bridgehead atoms. The Labute approximate surface area is 157 Å². The number of rotatable bonds is 8. The zero-order valence-electron chi connectivity index (χ0n) is 17.3. The SMILES string of the molecule is CCCCCCC1CCC2C(CCC3CC(OC(C)CC)CCC32)C1. The van der Waals surface area contributed by atoms with Crippen LogP contribution in [0.4, 0.5) is 0 Å². The van der Waals surface area contributed by atoms with E-state index in [1.165, 1.54) is 64.2 Å². The second kappa shape index (κ2) is 9.77. The Morgan fingerprint density at radius 3 is 2.24 bits per heavy atom. The average Bonchev–Trinajstić information content (AvgIpc) is 2.64. The second-order valence-corrected chi connectivity index (χ2v) is 9.74. The first kappa shape index (κ1) is 19.7. The minimum atomic E-state index is 0.459. The van der Waals surface area contributed by atoms with E-state index in [9.17, 15) is 0 Å². The van der Waals surface area contributed by atoms with Gasteiger partial charge in [-0.2, -0.15) is 0 Å². The van der Waals surface area contributed by atoms with E-state index in [-0.39, 0.29) is 0 Å². The van der Waals surface area contributed by atoms with Gasteiger partial charge in [0, 0.05) is 0 Å². The van der Waals surface area contributed by atoms with Crippen LogP contribution < -0.4 is 0 Å². The molecule has 7 unspecified atom stereocenters. The molecule has 0 aromatic carbocycles. The van der Waals surface area contributed by atoms with Gasteiger partial charge in [-0.25, -0.2) is 0 Å². The van der Waals surface area contributed by atoms with Crippen LogP contribution >= 0.6 is 0 Å². The number of fused-ring (bicyclic) bond motifs is 3. The van der Waals surface area contributed by atoms with Crippen LogP contribution in [0.15, 0.2) is 0 Å². The topological polar surface area (TPSA) is 9.23 Å². The third kappa shape index (κ3) is 5.24. The fraction of sp³-hybridized carbons (Fsp3) is 1.00. The van der Waals surface area contributed by atoms with Crippen molar-refractivity contribution >= 4 is 0 Å². The molecule has 1 nitrogen and oxygen atoms in total. The molecular formula is C24H44O. The van der Waals surface area contributed by atoms with Crippen molar-refractivity contribution in [1.82, 2.24) is 0 Å². The van der Waals surface area contributed by atoms with Crippen molar-refractivity contribution in [3.8, 4) is 0 Å². The van der Waals surface area contributed by atoms with Crippen molar-refractivity contribution in [2.24, 2.45) is 29.6 Å². The molecule has 0 saturated heterocycles. The maximum Gasteiger partial charge on any atom is 0.0581 e. The first-order valence-electron chi connectivity index (χ1n) is 11.9. The molecule has 0 heterocycles. The van der Waals surface area contributed by atoms with Crippen molar-refractivity contribution in [3.05, 3.63) is 0 Å². The van der Waals surface area contributed by atoms with E-state index in [1.807, 2.05) is 0 Å². The molecule has 0 N–H and O–H groups in total. The second-order valence-electron chi connectivity index (χ2n) is 9.74. The Balaban J connectivity index is 1.45. The van der Waals surface area contributed by atoms with Gasteiger partial charge in [0.2, 0.25) is 0 Å². The van der Waals surface area contributed by atoms with Gasteiger partial charge in [-0.3, -0.25) is 0 Å². The van der Waals surface area contributed by atoms with Gasteiger partial charge in [-0.15, -0.1) is 0 Å². The van der Waals surface area contributed by atoms with E-state index in [0.717, 1.165) is 36.0 Å². The van der Waals surface area contributed by atoms with Gasteiger partial charge in [0.1, 0.15) is 0 Å². The van der Waals surface area contributed by atoms with Gasteiger partial charge in [-0.1, -0.05) is 52.4 Å². The Morgan fingerprint density at radius 1 is 0.800 bits per heavy atom. The third-order valence-electron chi connectivity index (χ3n) is 8.07. The summed E-state index contributed by atoms with van der Waals surface area (Å²) in [6.07, 6.45) is 21.4. The Bertz CT molecular complexity index is 378. The van der Waals surface area contributed by atoms with E-state index in [4.69, 9.17) is 4.74 Å². The van der Waals surface area contributed by atoms with Crippen LogP contribution in [0.5, 0.6) is 0 Å². The lowest BCUT2D eigenvalue weighted by molar-refractivity contribution is -0.0760. The van der Waals surface area contributed by atoms with Crippen molar-refractivity contribution in [3.63, 3.8) is 0 Å². The van der Waals surface area contributed by atoms with Crippen molar-refractivity contribution in [1.29, 1.82) is 0 Å². The first-order valence-corrected chi connectivity index (χ1v) is 11.9. The van der Waals surface area contributed by atoms with E-state index in [0.29, 0.717) is 12.2 Å². The van der Waals surface area contributed by atoms with Gasteiger partial charge in [0.15, 0.2) is 0 Å². The number of hydrogen-bond donors (Lipinski definition) is 0. The summed E-state index contributed by atoms with van der Waals surface area (Å²) in [6, 6.07) is 0. The van der Waals surface area contributed by atoms with Crippen LogP contribution in [0.3, 0.4) is 0 Å². The molecule has 3 fully saturated rings. The lowest BCUT2D eigenvalue weighted by atomic mass is 9.56. The highest BCUT2D eigenvalue weighted by Gasteiger charge is 2.44. The molecule has 1 heteroatoms. The molecule has 0 aromatic rings. The van der Waals surface area contributed by atoms with Crippen LogP contribution in [0.1, 0.15) is 111 Å². The summed E-state index contributed by atoms with van der Waals surface area (Å²) in [7, 11) is 0. The zero-order valence-corrected chi connectivity index (χ0v) is 17.3. The third-order valence-corrected chi connectivity index (χ3v) is 8.07. The van der Waals surface area contributed by atoms with Crippen LogP contribution in [0.2, 0.25) is 0 Å². The Morgan fingerprint density at radius 2 is 1.52 bits per heavy atom. The van der Waals surface area contributed by atoms with Crippen LogP contribution in [-0.4, -0.2) is 12.2 Å². The highest BCUT2D eigenvalue weighted by molar-refractivity contribution is 4.94. The molecule has 25 heavy (non-hydrogen) atoms. The minimum Gasteiger partial charge on any atom is -0.375 e. The molecule has 3 rings (SSSR count). The van der Waals surface area contributed by atoms with Gasteiger partial charge >= 0.3 is 0 Å². The fourth-order valence-electron chi connectivity index (χ4n) is 6.52. The minimum absolute atomic E-state index is 0.459. The van der Waals surface area contributed by atoms with Gasteiger partial charge in [0.25, 0.3) is 0 Å². The lowest BCUT2D eigenvalue weighted by Gasteiger charge is -2.51. The number of hydrogen-bond acceptors (Lipinski definition) is 1. The predicted molar refractivity (Wildman–Crippen MR) is 108 cm³/mol. The lowest BCUT2D eigenvalue weighted by Crippen LogP contribution is -2.43. The maximum absolute atomic E-state index is 6.31. The molecule has 0 spiro atoms. The van der Waals surface area contributed by atoms with E-state index in [1.54, 1.807) is 19.3 Å². The van der Waals surface area contributed by atoms with Gasteiger partial charge in [-0.05, 0) is 87.9 Å². The largest absolute Gasteiger partial charge is 0.375 e. The van der Waals surface area contributed by atoms with E-state index >= 15 is 0 Å². The maximum atomic E-state index is 6.31. The molecule has 146 valence electrons. The summed E-state index contributed by atoms with van der Waals surface area (Å²) in [6.45, 7) is 6.83. The van der Waals surface area contributed by atoms with Crippen molar-refractivity contribution < 1.29 is 4.74 Å².